The minimum atomic E-state index is -1.93. The molecule has 2 amide bonds. The Morgan fingerprint density at radius 3 is 1.68 bits per heavy atom. The lowest BCUT2D eigenvalue weighted by atomic mass is 9.95. The highest BCUT2D eigenvalue weighted by Crippen LogP contribution is 2.33. The Balaban J connectivity index is 1.58. The first-order valence-corrected chi connectivity index (χ1v) is 15.9. The van der Waals surface area contributed by atoms with Gasteiger partial charge in [0, 0.05) is 13.8 Å². The third-order valence-electron chi connectivity index (χ3n) is 8.95. The van der Waals surface area contributed by atoms with Crippen LogP contribution in [-0.4, -0.2) is 211 Å². The number of aliphatic hydroxyl groups excluding tert-OH is 11. The summed E-state index contributed by atoms with van der Waals surface area (Å²) in [5.74, 6) is -1.35. The number of carbonyl (C=O) groups is 2. The van der Waals surface area contributed by atoms with E-state index in [-0.39, 0.29) is 0 Å². The SMILES string of the molecule is CC(=O)N[C@@H]1[C@@H](OC2O[C@H](CO)[C@H](O)[C@H](O)[C@H]2OC2O[C@@H](C)[C@@H](O)[C@@H](O)[C@@H]2O)[C@@H](O)[C@@H](COC2O[C@H](CO)[C@@H](O)[C@H](O)[C@H]2NC(C)=O)O[C@@H]1O. The molecule has 22 nitrogen and oxygen atoms in total. The van der Waals surface area contributed by atoms with Crippen molar-refractivity contribution >= 4 is 11.8 Å². The van der Waals surface area contributed by atoms with Crippen LogP contribution in [0.1, 0.15) is 20.8 Å². The zero-order valence-electron chi connectivity index (χ0n) is 27.3. The molecule has 0 bridgehead atoms. The molecule has 13 N–H and O–H groups in total. The first-order chi connectivity index (χ1) is 23.5. The van der Waals surface area contributed by atoms with Crippen LogP contribution in [0.4, 0.5) is 0 Å². The van der Waals surface area contributed by atoms with Gasteiger partial charge in [-0.15, -0.1) is 0 Å². The van der Waals surface area contributed by atoms with Crippen molar-refractivity contribution in [2.24, 2.45) is 0 Å². The van der Waals surface area contributed by atoms with Gasteiger partial charge in [0.1, 0.15) is 91.4 Å². The quantitative estimate of drug-likeness (QED) is 0.0938. The summed E-state index contributed by atoms with van der Waals surface area (Å²) >= 11 is 0. The third kappa shape index (κ3) is 8.87. The summed E-state index contributed by atoms with van der Waals surface area (Å²) < 4.78 is 39.4. The molecule has 0 aromatic rings. The maximum absolute atomic E-state index is 12.1. The second kappa shape index (κ2) is 17.4. The molecule has 4 aliphatic heterocycles. The maximum atomic E-state index is 12.1. The van der Waals surface area contributed by atoms with Crippen molar-refractivity contribution in [3.05, 3.63) is 0 Å². The van der Waals surface area contributed by atoms with Crippen molar-refractivity contribution in [2.75, 3.05) is 19.8 Å². The number of rotatable bonds is 11. The van der Waals surface area contributed by atoms with Crippen molar-refractivity contribution in [1.29, 1.82) is 0 Å². The van der Waals surface area contributed by atoms with Gasteiger partial charge in [-0.05, 0) is 6.92 Å². The average Bonchev–Trinajstić information content (AvgIpc) is 3.06. The summed E-state index contributed by atoms with van der Waals surface area (Å²) in [5, 5.41) is 120. The van der Waals surface area contributed by atoms with Crippen LogP contribution in [0.15, 0.2) is 0 Å². The summed E-state index contributed by atoms with van der Waals surface area (Å²) in [7, 11) is 0. The number of amides is 2. The number of hydrogen-bond donors (Lipinski definition) is 13. The molecule has 0 aromatic heterocycles. The summed E-state index contributed by atoms with van der Waals surface area (Å²) in [5.41, 5.74) is 0. The molecule has 22 heteroatoms. The molecule has 4 saturated heterocycles. The first kappa shape index (κ1) is 41.0. The van der Waals surface area contributed by atoms with E-state index < -0.39 is 154 Å². The summed E-state index contributed by atoms with van der Waals surface area (Å²) in [6.45, 7) is 1.29. The van der Waals surface area contributed by atoms with Crippen LogP contribution in [0.25, 0.3) is 0 Å². The molecule has 290 valence electrons. The highest BCUT2D eigenvalue weighted by atomic mass is 16.8. The zero-order chi connectivity index (χ0) is 37.2. The van der Waals surface area contributed by atoms with Crippen molar-refractivity contribution in [3.63, 3.8) is 0 Å². The molecule has 0 aliphatic carbocycles. The standard InChI is InChI=1S/C28H48N2O20/c1-7-15(35)20(40)22(42)27(45-7)50-24-21(41)17(37)11(5-32)48-28(24)49-23-14(30-9(3)34)25(43)46-12(18(23)38)6-44-26-13(29-8(2)33)19(39)16(36)10(4-31)47-26/h7,10-28,31-32,35-43H,4-6H2,1-3H3,(H,29,33)(H,30,34)/t7-,10+,11+,12+,13+,14+,15+,16+,17-,18-,19+,20+,21-,22-,23+,24+,25-,26?,27?,28?/m0/s1. The molecule has 3 unspecified atom stereocenters. The fourth-order valence-corrected chi connectivity index (χ4v) is 6.17. The second-order valence-corrected chi connectivity index (χ2v) is 12.6. The topological polar surface area (TPSA) is 345 Å². The lowest BCUT2D eigenvalue weighted by Gasteiger charge is -2.49. The van der Waals surface area contributed by atoms with Gasteiger partial charge in [-0.1, -0.05) is 0 Å². The van der Waals surface area contributed by atoms with E-state index in [1.165, 1.54) is 6.92 Å². The van der Waals surface area contributed by atoms with Gasteiger partial charge in [0.15, 0.2) is 25.2 Å². The molecule has 50 heavy (non-hydrogen) atoms. The lowest BCUT2D eigenvalue weighted by Crippen LogP contribution is -2.69. The van der Waals surface area contributed by atoms with Gasteiger partial charge < -0.3 is 100.0 Å². The molecule has 0 aromatic carbocycles. The third-order valence-corrected chi connectivity index (χ3v) is 8.95. The van der Waals surface area contributed by atoms with Crippen LogP contribution in [0.3, 0.4) is 0 Å². The average molecular weight is 733 g/mol. The van der Waals surface area contributed by atoms with Gasteiger partial charge in [-0.25, -0.2) is 0 Å². The molecule has 0 spiro atoms. The minimum Gasteiger partial charge on any atom is -0.394 e. The van der Waals surface area contributed by atoms with Crippen LogP contribution in [0.2, 0.25) is 0 Å². The van der Waals surface area contributed by atoms with Gasteiger partial charge in [-0.2, -0.15) is 0 Å². The number of carbonyl (C=O) groups excluding carboxylic acids is 2. The highest BCUT2D eigenvalue weighted by molar-refractivity contribution is 5.73. The van der Waals surface area contributed by atoms with E-state index in [2.05, 4.69) is 10.6 Å². The Hall–Kier alpha value is -1.78. The summed E-state index contributed by atoms with van der Waals surface area (Å²) in [4.78, 5) is 23.9. The van der Waals surface area contributed by atoms with E-state index in [1.807, 2.05) is 0 Å². The first-order valence-electron chi connectivity index (χ1n) is 15.9. The van der Waals surface area contributed by atoms with Gasteiger partial charge in [0.05, 0.1) is 25.9 Å². The monoisotopic (exact) mass is 732 g/mol. The van der Waals surface area contributed by atoms with Gasteiger partial charge >= 0.3 is 0 Å². The Bertz CT molecular complexity index is 1130. The normalized spacial score (nSPS) is 48.5. The lowest BCUT2D eigenvalue weighted by molar-refractivity contribution is -0.381. The molecule has 0 radical (unpaired) electrons. The Labute approximate surface area is 285 Å². The minimum absolute atomic E-state index is 0.638. The molecule has 4 aliphatic rings. The second-order valence-electron chi connectivity index (χ2n) is 12.6. The van der Waals surface area contributed by atoms with E-state index in [0.717, 1.165) is 13.8 Å². The van der Waals surface area contributed by atoms with Crippen LogP contribution < -0.4 is 10.6 Å². The molecule has 4 fully saturated rings. The molecular weight excluding hydrogens is 684 g/mol. The number of nitrogens with one attached hydrogen (secondary N) is 2. The van der Waals surface area contributed by atoms with Crippen LogP contribution in [0, 0.1) is 0 Å². The maximum Gasteiger partial charge on any atom is 0.217 e. The van der Waals surface area contributed by atoms with Gasteiger partial charge in [0.25, 0.3) is 0 Å². The van der Waals surface area contributed by atoms with Gasteiger partial charge in [0.2, 0.25) is 11.8 Å². The van der Waals surface area contributed by atoms with E-state index >= 15 is 0 Å². The molecule has 0 saturated carbocycles. The van der Waals surface area contributed by atoms with Crippen molar-refractivity contribution < 1.29 is 98.9 Å². The van der Waals surface area contributed by atoms with E-state index in [4.69, 9.17) is 33.2 Å². The number of hydrogen-bond acceptors (Lipinski definition) is 20. The Morgan fingerprint density at radius 2 is 1.10 bits per heavy atom. The molecular formula is C28H48N2O20. The smallest absolute Gasteiger partial charge is 0.217 e. The highest BCUT2D eigenvalue weighted by Gasteiger charge is 2.54. The Morgan fingerprint density at radius 1 is 0.560 bits per heavy atom. The van der Waals surface area contributed by atoms with E-state index in [0.29, 0.717) is 0 Å². The molecule has 20 atom stereocenters. The number of ether oxygens (including phenoxy) is 7. The van der Waals surface area contributed by atoms with Crippen LogP contribution >= 0.6 is 0 Å². The van der Waals surface area contributed by atoms with Crippen LogP contribution in [-0.2, 0) is 42.7 Å². The number of aliphatic hydroxyl groups is 11. The van der Waals surface area contributed by atoms with Crippen molar-refractivity contribution in [3.8, 4) is 0 Å². The van der Waals surface area contributed by atoms with Crippen molar-refractivity contribution in [1.82, 2.24) is 10.6 Å². The van der Waals surface area contributed by atoms with E-state index in [1.54, 1.807) is 0 Å². The zero-order valence-corrected chi connectivity index (χ0v) is 27.3. The van der Waals surface area contributed by atoms with Gasteiger partial charge in [-0.3, -0.25) is 9.59 Å². The fraction of sp³-hybridized carbons (Fsp3) is 0.929. The predicted octanol–water partition coefficient (Wildman–Crippen LogP) is -8.43. The summed E-state index contributed by atoms with van der Waals surface area (Å²) in [6, 6.07) is -2.92. The Kier molecular flexibility index (Phi) is 14.2. The van der Waals surface area contributed by atoms with E-state index in [9.17, 15) is 65.8 Å². The largest absolute Gasteiger partial charge is 0.394 e. The molecule has 4 heterocycles. The molecule has 4 rings (SSSR count). The summed E-state index contributed by atoms with van der Waals surface area (Å²) in [6.07, 6.45) is -30.1. The van der Waals surface area contributed by atoms with Crippen LogP contribution in [0.5, 0.6) is 0 Å². The predicted molar refractivity (Wildman–Crippen MR) is 156 cm³/mol. The van der Waals surface area contributed by atoms with Crippen molar-refractivity contribution in [2.45, 2.75) is 143 Å². The fourth-order valence-electron chi connectivity index (χ4n) is 6.17.